The number of H-pyrrole nitrogens is 1. The van der Waals surface area contributed by atoms with Crippen molar-refractivity contribution in [1.82, 2.24) is 4.98 Å². The molecular weight excluding hydrogens is 220 g/mol. The van der Waals surface area contributed by atoms with Gasteiger partial charge in [-0.25, -0.2) is 9.55 Å². The molecule has 0 spiro atoms. The summed E-state index contributed by atoms with van der Waals surface area (Å²) in [5.41, 5.74) is 1.28. The van der Waals surface area contributed by atoms with Crippen LogP contribution in [0.3, 0.4) is 0 Å². The van der Waals surface area contributed by atoms with Gasteiger partial charge < -0.3 is 0 Å². The number of aromatic nitrogens is 2. The van der Waals surface area contributed by atoms with Crippen molar-refractivity contribution < 1.29 is 4.57 Å². The summed E-state index contributed by atoms with van der Waals surface area (Å²) in [7, 11) is 0. The Labute approximate surface area is 109 Å². The molecule has 0 aliphatic heterocycles. The van der Waals surface area contributed by atoms with Gasteiger partial charge >= 0.3 is 0 Å². The Morgan fingerprint density at radius 1 is 1.33 bits per heavy atom. The standard InChI is InChI=1S/C16H20N2/c1-3-5-12-18-13-11-17-16(18)15(4-2)14-9-7-6-8-10-14/h4,6-11,13,15H,2-3,5,12H2,1H3/p+1. The van der Waals surface area contributed by atoms with Crippen molar-refractivity contribution in [3.63, 3.8) is 0 Å². The lowest BCUT2D eigenvalue weighted by molar-refractivity contribution is -0.703. The summed E-state index contributed by atoms with van der Waals surface area (Å²) in [6, 6.07) is 10.5. The number of unbranched alkanes of at least 4 members (excludes halogenated alkanes) is 1. The lowest BCUT2D eigenvalue weighted by Gasteiger charge is -2.09. The number of hydrogen-bond donors (Lipinski definition) is 1. The van der Waals surface area contributed by atoms with E-state index in [1.54, 1.807) is 0 Å². The van der Waals surface area contributed by atoms with Gasteiger partial charge in [0.25, 0.3) is 5.82 Å². The fourth-order valence-electron chi connectivity index (χ4n) is 2.23. The predicted molar refractivity (Wildman–Crippen MR) is 74.4 cm³/mol. The molecule has 1 aromatic heterocycles. The number of aromatic amines is 1. The van der Waals surface area contributed by atoms with Gasteiger partial charge in [0, 0.05) is 0 Å². The average Bonchev–Trinajstić information content (AvgIpc) is 2.87. The average molecular weight is 241 g/mol. The molecule has 0 saturated heterocycles. The van der Waals surface area contributed by atoms with Gasteiger partial charge in [-0.1, -0.05) is 49.8 Å². The Kier molecular flexibility index (Phi) is 4.35. The van der Waals surface area contributed by atoms with E-state index < -0.39 is 0 Å². The van der Waals surface area contributed by atoms with E-state index in [0.29, 0.717) is 0 Å². The molecule has 1 unspecified atom stereocenters. The smallest absolute Gasteiger partial charge is 0.247 e. The van der Waals surface area contributed by atoms with Crippen LogP contribution in [0.15, 0.2) is 55.4 Å². The zero-order valence-corrected chi connectivity index (χ0v) is 11.0. The number of imidazole rings is 1. The van der Waals surface area contributed by atoms with E-state index in [0.717, 1.165) is 6.54 Å². The Bertz CT molecular complexity index is 485. The van der Waals surface area contributed by atoms with Gasteiger partial charge in [0.1, 0.15) is 18.3 Å². The molecule has 1 atom stereocenters. The van der Waals surface area contributed by atoms with Gasteiger partial charge in [0.2, 0.25) is 0 Å². The third-order valence-electron chi connectivity index (χ3n) is 3.24. The van der Waals surface area contributed by atoms with Crippen LogP contribution in [0.1, 0.15) is 37.1 Å². The van der Waals surface area contributed by atoms with Gasteiger partial charge in [-0.2, -0.15) is 0 Å². The first-order valence-electron chi connectivity index (χ1n) is 6.61. The Balaban J connectivity index is 2.28. The summed E-state index contributed by atoms with van der Waals surface area (Å²) in [6.45, 7) is 7.26. The number of nitrogens with zero attached hydrogens (tertiary/aromatic N) is 1. The lowest BCUT2D eigenvalue weighted by Crippen LogP contribution is -2.37. The fraction of sp³-hybridized carbons (Fsp3) is 0.312. The minimum atomic E-state index is 0.234. The minimum absolute atomic E-state index is 0.234. The van der Waals surface area contributed by atoms with Gasteiger partial charge in [0.05, 0.1) is 6.54 Å². The van der Waals surface area contributed by atoms with Crippen LogP contribution in [0.5, 0.6) is 0 Å². The molecule has 1 aromatic carbocycles. The molecule has 0 aliphatic carbocycles. The molecule has 2 heteroatoms. The topological polar surface area (TPSA) is 19.7 Å². The summed E-state index contributed by atoms with van der Waals surface area (Å²) >= 11 is 0. The molecule has 18 heavy (non-hydrogen) atoms. The number of benzene rings is 1. The summed E-state index contributed by atoms with van der Waals surface area (Å²) in [4.78, 5) is 3.36. The van der Waals surface area contributed by atoms with Crippen LogP contribution < -0.4 is 4.57 Å². The normalized spacial score (nSPS) is 12.3. The van der Waals surface area contributed by atoms with Crippen LogP contribution in [0.25, 0.3) is 0 Å². The molecular formula is C16H21N2+. The van der Waals surface area contributed by atoms with Crippen molar-refractivity contribution in [1.29, 1.82) is 0 Å². The molecule has 0 amide bonds. The second-order valence-corrected chi connectivity index (χ2v) is 4.52. The lowest BCUT2D eigenvalue weighted by atomic mass is 9.98. The Hall–Kier alpha value is -1.83. The van der Waals surface area contributed by atoms with Crippen LogP contribution >= 0.6 is 0 Å². The van der Waals surface area contributed by atoms with Crippen LogP contribution in [-0.4, -0.2) is 4.98 Å². The molecule has 0 saturated carbocycles. The highest BCUT2D eigenvalue weighted by Crippen LogP contribution is 2.21. The molecule has 2 nitrogen and oxygen atoms in total. The number of aryl methyl sites for hydroxylation is 1. The molecule has 2 aromatic rings. The second-order valence-electron chi connectivity index (χ2n) is 4.52. The van der Waals surface area contributed by atoms with Crippen LogP contribution in [0.4, 0.5) is 0 Å². The summed E-state index contributed by atoms with van der Waals surface area (Å²) in [6.07, 6.45) is 8.54. The van der Waals surface area contributed by atoms with E-state index in [9.17, 15) is 0 Å². The van der Waals surface area contributed by atoms with Crippen LogP contribution in [0, 0.1) is 0 Å². The first kappa shape index (κ1) is 12.6. The summed E-state index contributed by atoms with van der Waals surface area (Å²) < 4.78 is 2.29. The molecule has 0 fully saturated rings. The third kappa shape index (κ3) is 2.70. The molecule has 0 radical (unpaired) electrons. The third-order valence-corrected chi connectivity index (χ3v) is 3.24. The molecule has 1 N–H and O–H groups in total. The van der Waals surface area contributed by atoms with Crippen molar-refractivity contribution >= 4 is 0 Å². The number of allylic oxidation sites excluding steroid dienone is 1. The number of nitrogens with one attached hydrogen (secondary N) is 1. The van der Waals surface area contributed by atoms with Crippen molar-refractivity contribution in [2.75, 3.05) is 0 Å². The molecule has 2 rings (SSSR count). The maximum Gasteiger partial charge on any atom is 0.265 e. The summed E-state index contributed by atoms with van der Waals surface area (Å²) in [5.74, 6) is 1.45. The number of hydrogen-bond acceptors (Lipinski definition) is 0. The first-order chi connectivity index (χ1) is 8.86. The minimum Gasteiger partial charge on any atom is -0.247 e. The largest absolute Gasteiger partial charge is 0.265 e. The van der Waals surface area contributed by atoms with Crippen LogP contribution in [-0.2, 0) is 6.54 Å². The van der Waals surface area contributed by atoms with Gasteiger partial charge in [-0.15, -0.1) is 6.58 Å². The van der Waals surface area contributed by atoms with Gasteiger partial charge in [-0.05, 0) is 12.0 Å². The monoisotopic (exact) mass is 241 g/mol. The Morgan fingerprint density at radius 2 is 2.11 bits per heavy atom. The van der Waals surface area contributed by atoms with Crippen LogP contribution in [0.2, 0.25) is 0 Å². The quantitative estimate of drug-likeness (QED) is 0.590. The Morgan fingerprint density at radius 3 is 2.78 bits per heavy atom. The van der Waals surface area contributed by atoms with E-state index in [1.165, 1.54) is 24.2 Å². The van der Waals surface area contributed by atoms with E-state index in [-0.39, 0.29) is 5.92 Å². The molecule has 0 aliphatic rings. The highest BCUT2D eigenvalue weighted by molar-refractivity contribution is 5.28. The van der Waals surface area contributed by atoms with E-state index in [2.05, 4.69) is 53.5 Å². The number of rotatable bonds is 6. The van der Waals surface area contributed by atoms with Crippen molar-refractivity contribution in [3.05, 3.63) is 66.8 Å². The molecule has 0 bridgehead atoms. The summed E-state index contributed by atoms with van der Waals surface area (Å²) in [5, 5.41) is 0. The van der Waals surface area contributed by atoms with E-state index >= 15 is 0 Å². The molecule has 1 heterocycles. The van der Waals surface area contributed by atoms with E-state index in [4.69, 9.17) is 0 Å². The maximum atomic E-state index is 3.98. The van der Waals surface area contributed by atoms with E-state index in [1.807, 2.05) is 18.3 Å². The highest BCUT2D eigenvalue weighted by Gasteiger charge is 2.21. The van der Waals surface area contributed by atoms with Crippen molar-refractivity contribution in [3.8, 4) is 0 Å². The highest BCUT2D eigenvalue weighted by atomic mass is 15.1. The first-order valence-corrected chi connectivity index (χ1v) is 6.61. The maximum absolute atomic E-state index is 3.98. The SMILES string of the molecule is C=CC(c1ccccc1)c1[nH]cc[n+]1CCCC. The molecule has 94 valence electrons. The van der Waals surface area contributed by atoms with Crippen molar-refractivity contribution in [2.24, 2.45) is 0 Å². The predicted octanol–water partition coefficient (Wildman–Crippen LogP) is 3.42. The zero-order valence-electron chi connectivity index (χ0n) is 11.0. The zero-order chi connectivity index (χ0) is 12.8. The fourth-order valence-corrected chi connectivity index (χ4v) is 2.23. The van der Waals surface area contributed by atoms with Gasteiger partial charge in [0.15, 0.2) is 0 Å². The van der Waals surface area contributed by atoms with Gasteiger partial charge in [-0.3, -0.25) is 0 Å². The van der Waals surface area contributed by atoms with Crippen molar-refractivity contribution in [2.45, 2.75) is 32.2 Å². The second kappa shape index (κ2) is 6.20.